The lowest BCUT2D eigenvalue weighted by molar-refractivity contribution is -0.132. The molecule has 0 saturated carbocycles. The van der Waals surface area contributed by atoms with Crippen molar-refractivity contribution in [3.05, 3.63) is 100 Å². The van der Waals surface area contributed by atoms with E-state index in [0.717, 1.165) is 11.1 Å². The molecule has 1 unspecified atom stereocenters. The lowest BCUT2D eigenvalue weighted by atomic mass is 9.94. The van der Waals surface area contributed by atoms with Crippen molar-refractivity contribution in [2.45, 2.75) is 33.2 Å². The number of nitrogens with zero attached hydrogens (tertiary/aromatic N) is 1. The molecule has 3 aromatic carbocycles. The van der Waals surface area contributed by atoms with Gasteiger partial charge in [-0.25, -0.2) is 4.79 Å². The molecule has 7 nitrogen and oxygen atoms in total. The Balaban J connectivity index is 1.88. The quantitative estimate of drug-likeness (QED) is 0.215. The average molecular weight is 486 g/mol. The van der Waals surface area contributed by atoms with Crippen LogP contribution in [0.3, 0.4) is 0 Å². The number of ketones is 1. The monoisotopic (exact) mass is 485 g/mol. The first-order valence-electron chi connectivity index (χ1n) is 11.7. The lowest BCUT2D eigenvalue weighted by Gasteiger charge is -2.26. The molecule has 1 amide bonds. The molecule has 1 heterocycles. The standard InChI is InChI=1S/C29H27NO6/c1-4-14-36-29(35)21-6-5-7-22(16-21)30-25(19-10-12-23(31)13-11-19)24(27(33)28(30)34)26(32)20-9-8-17(2)18(3)15-20/h5-13,15-16,25,31-32H,4,14H2,1-3H3/b26-24+. The third kappa shape index (κ3) is 4.60. The number of aryl methyl sites for hydroxylation is 2. The van der Waals surface area contributed by atoms with Crippen LogP contribution in [0.5, 0.6) is 5.75 Å². The van der Waals surface area contributed by atoms with Crippen LogP contribution in [-0.2, 0) is 14.3 Å². The molecule has 0 spiro atoms. The Morgan fingerprint density at radius 1 is 0.944 bits per heavy atom. The van der Waals surface area contributed by atoms with Gasteiger partial charge < -0.3 is 14.9 Å². The zero-order chi connectivity index (χ0) is 26.0. The third-order valence-corrected chi connectivity index (χ3v) is 6.23. The van der Waals surface area contributed by atoms with E-state index in [1.807, 2.05) is 26.8 Å². The van der Waals surface area contributed by atoms with Crippen LogP contribution in [-0.4, -0.2) is 34.5 Å². The van der Waals surface area contributed by atoms with Crippen LogP contribution in [0.25, 0.3) is 5.76 Å². The van der Waals surface area contributed by atoms with Gasteiger partial charge in [0.05, 0.1) is 23.8 Å². The highest BCUT2D eigenvalue weighted by Gasteiger charge is 2.47. The Hall–Kier alpha value is -4.39. The molecule has 0 radical (unpaired) electrons. The number of hydrogen-bond acceptors (Lipinski definition) is 6. The molecule has 0 bridgehead atoms. The van der Waals surface area contributed by atoms with Gasteiger partial charge in [0, 0.05) is 11.3 Å². The number of ether oxygens (including phenoxy) is 1. The normalized spacial score (nSPS) is 16.9. The van der Waals surface area contributed by atoms with Gasteiger partial charge in [-0.3, -0.25) is 14.5 Å². The summed E-state index contributed by atoms with van der Waals surface area (Å²) in [5.74, 6) is -2.49. The van der Waals surface area contributed by atoms with Crippen LogP contribution in [0.4, 0.5) is 5.69 Å². The van der Waals surface area contributed by atoms with Crippen molar-refractivity contribution in [2.24, 2.45) is 0 Å². The number of carbonyl (C=O) groups excluding carboxylic acids is 3. The number of anilines is 1. The molecule has 1 saturated heterocycles. The molecular formula is C29H27NO6. The van der Waals surface area contributed by atoms with Gasteiger partial charge in [-0.1, -0.05) is 37.3 Å². The summed E-state index contributed by atoms with van der Waals surface area (Å²) in [6, 6.07) is 16.7. The number of rotatable bonds is 6. The molecule has 7 heteroatoms. The molecule has 1 aliphatic heterocycles. The van der Waals surface area contributed by atoms with Gasteiger partial charge in [-0.05, 0) is 73.4 Å². The second-order valence-electron chi connectivity index (χ2n) is 8.75. The van der Waals surface area contributed by atoms with Gasteiger partial charge in [0.1, 0.15) is 11.5 Å². The Bertz CT molecular complexity index is 1370. The van der Waals surface area contributed by atoms with Crippen LogP contribution in [0.2, 0.25) is 0 Å². The third-order valence-electron chi connectivity index (χ3n) is 6.23. The minimum Gasteiger partial charge on any atom is -0.508 e. The lowest BCUT2D eigenvalue weighted by Crippen LogP contribution is -2.29. The summed E-state index contributed by atoms with van der Waals surface area (Å²) in [6.45, 7) is 5.98. The Morgan fingerprint density at radius 3 is 2.33 bits per heavy atom. The summed E-state index contributed by atoms with van der Waals surface area (Å²) >= 11 is 0. The van der Waals surface area contributed by atoms with Gasteiger partial charge >= 0.3 is 5.97 Å². The molecule has 184 valence electrons. The van der Waals surface area contributed by atoms with Crippen LogP contribution in [0, 0.1) is 13.8 Å². The first kappa shape index (κ1) is 24.7. The first-order chi connectivity index (χ1) is 17.2. The SMILES string of the molecule is CCCOC(=O)c1cccc(N2C(=O)C(=O)/C(=C(/O)c3ccc(C)c(C)c3)C2c2ccc(O)cc2)c1. The highest BCUT2D eigenvalue weighted by molar-refractivity contribution is 6.51. The van der Waals surface area contributed by atoms with E-state index in [0.29, 0.717) is 23.2 Å². The Kier molecular flexibility index (Phi) is 6.92. The minimum atomic E-state index is -0.978. The molecule has 1 aliphatic rings. The summed E-state index contributed by atoms with van der Waals surface area (Å²) in [6.07, 6.45) is 0.666. The van der Waals surface area contributed by atoms with E-state index in [4.69, 9.17) is 4.74 Å². The molecule has 0 aromatic heterocycles. The van der Waals surface area contributed by atoms with Crippen molar-refractivity contribution in [3.8, 4) is 5.75 Å². The number of aliphatic hydroxyl groups excluding tert-OH is 1. The topological polar surface area (TPSA) is 104 Å². The molecule has 2 N–H and O–H groups in total. The van der Waals surface area contributed by atoms with Crippen molar-refractivity contribution in [3.63, 3.8) is 0 Å². The summed E-state index contributed by atoms with van der Waals surface area (Å²) in [7, 11) is 0. The number of benzene rings is 3. The predicted octanol–water partition coefficient (Wildman–Crippen LogP) is 5.20. The summed E-state index contributed by atoms with van der Waals surface area (Å²) < 4.78 is 5.22. The van der Waals surface area contributed by atoms with Gasteiger partial charge in [0.2, 0.25) is 0 Å². The van der Waals surface area contributed by atoms with Crippen LogP contribution < -0.4 is 4.90 Å². The highest BCUT2D eigenvalue weighted by atomic mass is 16.5. The molecular weight excluding hydrogens is 458 g/mol. The molecule has 3 aromatic rings. The average Bonchev–Trinajstić information content (AvgIpc) is 3.14. The van der Waals surface area contributed by atoms with Crippen molar-refractivity contribution in [2.75, 3.05) is 11.5 Å². The Labute approximate surface area is 209 Å². The molecule has 1 fully saturated rings. The number of phenolic OH excluding ortho intramolecular Hbond substituents is 1. The van der Waals surface area contributed by atoms with Gasteiger partial charge in [-0.2, -0.15) is 0 Å². The zero-order valence-electron chi connectivity index (χ0n) is 20.3. The molecule has 4 rings (SSSR count). The van der Waals surface area contributed by atoms with Gasteiger partial charge in [0.15, 0.2) is 0 Å². The van der Waals surface area contributed by atoms with Crippen LogP contribution in [0.1, 0.15) is 52.0 Å². The fourth-order valence-corrected chi connectivity index (χ4v) is 4.18. The number of phenols is 1. The van der Waals surface area contributed by atoms with E-state index >= 15 is 0 Å². The molecule has 0 aliphatic carbocycles. The Morgan fingerprint density at radius 2 is 1.67 bits per heavy atom. The van der Waals surface area contributed by atoms with Crippen molar-refractivity contribution in [1.82, 2.24) is 0 Å². The van der Waals surface area contributed by atoms with E-state index in [-0.39, 0.29) is 29.3 Å². The van der Waals surface area contributed by atoms with Crippen molar-refractivity contribution < 1.29 is 29.3 Å². The number of Topliss-reactive ketones (excluding diaryl/α,β-unsaturated/α-hetero) is 1. The fourth-order valence-electron chi connectivity index (χ4n) is 4.18. The fraction of sp³-hybridized carbons (Fsp3) is 0.207. The number of aliphatic hydroxyl groups is 1. The summed E-state index contributed by atoms with van der Waals surface area (Å²) in [5.41, 5.74) is 3.34. The van der Waals surface area contributed by atoms with Crippen molar-refractivity contribution in [1.29, 1.82) is 0 Å². The second-order valence-corrected chi connectivity index (χ2v) is 8.75. The number of carbonyl (C=O) groups is 3. The molecule has 1 atom stereocenters. The maximum atomic E-state index is 13.3. The largest absolute Gasteiger partial charge is 0.508 e. The second kappa shape index (κ2) is 10.1. The smallest absolute Gasteiger partial charge is 0.338 e. The van der Waals surface area contributed by atoms with E-state index in [1.165, 1.54) is 23.1 Å². The maximum Gasteiger partial charge on any atom is 0.338 e. The number of hydrogen-bond donors (Lipinski definition) is 2. The van der Waals surface area contributed by atoms with E-state index in [9.17, 15) is 24.6 Å². The van der Waals surface area contributed by atoms with Gasteiger partial charge in [0.25, 0.3) is 11.7 Å². The minimum absolute atomic E-state index is 0.0190. The van der Waals surface area contributed by atoms with E-state index in [2.05, 4.69) is 0 Å². The highest BCUT2D eigenvalue weighted by Crippen LogP contribution is 2.42. The first-order valence-corrected chi connectivity index (χ1v) is 11.7. The number of esters is 1. The van der Waals surface area contributed by atoms with Crippen LogP contribution >= 0.6 is 0 Å². The number of aromatic hydroxyl groups is 1. The van der Waals surface area contributed by atoms with Crippen molar-refractivity contribution >= 4 is 29.1 Å². The van der Waals surface area contributed by atoms with Gasteiger partial charge in [-0.15, -0.1) is 0 Å². The zero-order valence-corrected chi connectivity index (χ0v) is 20.3. The number of amides is 1. The summed E-state index contributed by atoms with van der Waals surface area (Å²) in [5, 5.41) is 21.1. The van der Waals surface area contributed by atoms with E-state index < -0.39 is 23.7 Å². The van der Waals surface area contributed by atoms with Crippen LogP contribution in [0.15, 0.2) is 72.3 Å². The predicted molar refractivity (Wildman–Crippen MR) is 136 cm³/mol. The van der Waals surface area contributed by atoms with E-state index in [1.54, 1.807) is 42.5 Å². The maximum absolute atomic E-state index is 13.3. The molecule has 36 heavy (non-hydrogen) atoms. The summed E-state index contributed by atoms with van der Waals surface area (Å²) in [4.78, 5) is 40.4.